The Balaban J connectivity index is 2.46. The highest BCUT2D eigenvalue weighted by atomic mass is 14.9. The van der Waals surface area contributed by atoms with Gasteiger partial charge in [0.05, 0.1) is 0 Å². The molecular weight excluding hydrogens is 172 g/mol. The summed E-state index contributed by atoms with van der Waals surface area (Å²) in [5.74, 6) is 0. The number of hydrogen-bond donors (Lipinski definition) is 1. The van der Waals surface area contributed by atoms with Crippen molar-refractivity contribution in [1.82, 2.24) is 5.32 Å². The molecule has 1 saturated heterocycles. The van der Waals surface area contributed by atoms with E-state index in [1.807, 2.05) is 13.3 Å². The molecule has 0 radical (unpaired) electrons. The highest BCUT2D eigenvalue weighted by Crippen LogP contribution is 2.35. The van der Waals surface area contributed by atoms with Gasteiger partial charge in [-0.15, -0.1) is 6.58 Å². The molecule has 1 aliphatic rings. The molecule has 1 N–H and O–H groups in total. The van der Waals surface area contributed by atoms with Gasteiger partial charge in [-0.2, -0.15) is 0 Å². The molecule has 1 fully saturated rings. The predicted octanol–water partition coefficient (Wildman–Crippen LogP) is 2.41. The Kier molecular flexibility index (Phi) is 4.88. The molecule has 80 valence electrons. The summed E-state index contributed by atoms with van der Waals surface area (Å²) in [6.07, 6.45) is 10.2. The first-order chi connectivity index (χ1) is 6.83. The van der Waals surface area contributed by atoms with Crippen molar-refractivity contribution in [3.8, 4) is 0 Å². The summed E-state index contributed by atoms with van der Waals surface area (Å²) >= 11 is 0. The zero-order valence-corrected chi connectivity index (χ0v) is 9.26. The highest BCUT2D eigenvalue weighted by molar-refractivity contribution is 5.56. The zero-order chi connectivity index (χ0) is 10.3. The Morgan fingerprint density at radius 2 is 2.43 bits per heavy atom. The first-order valence-corrected chi connectivity index (χ1v) is 5.55. The largest absolute Gasteiger partial charge is 0.316 e. The monoisotopic (exact) mass is 194 g/mol. The van der Waals surface area contributed by atoms with Crippen LogP contribution in [0.25, 0.3) is 0 Å². The molecule has 1 rings (SSSR count). The van der Waals surface area contributed by atoms with Crippen LogP contribution in [0.5, 0.6) is 0 Å². The Bertz CT molecular complexity index is 190. The van der Waals surface area contributed by atoms with Crippen LogP contribution in [0.15, 0.2) is 17.6 Å². The van der Waals surface area contributed by atoms with Crippen LogP contribution >= 0.6 is 0 Å². The van der Waals surface area contributed by atoms with E-state index in [-0.39, 0.29) is 0 Å². The van der Waals surface area contributed by atoms with Crippen molar-refractivity contribution < 1.29 is 0 Å². The summed E-state index contributed by atoms with van der Waals surface area (Å²) in [5, 5.41) is 3.50. The minimum absolute atomic E-state index is 0.460. The molecule has 0 aromatic rings. The molecule has 0 saturated carbocycles. The number of aliphatic imine (C=N–C) groups is 1. The molecule has 0 aromatic heterocycles. The van der Waals surface area contributed by atoms with Gasteiger partial charge < -0.3 is 10.3 Å². The first kappa shape index (κ1) is 11.4. The van der Waals surface area contributed by atoms with Gasteiger partial charge in [-0.25, -0.2) is 0 Å². The molecule has 0 amide bonds. The number of hydrogen-bond acceptors (Lipinski definition) is 2. The van der Waals surface area contributed by atoms with E-state index in [1.54, 1.807) is 0 Å². The molecule has 2 nitrogen and oxygen atoms in total. The van der Waals surface area contributed by atoms with Crippen LogP contribution in [-0.4, -0.2) is 26.4 Å². The molecule has 0 spiro atoms. The predicted molar refractivity (Wildman–Crippen MR) is 63.0 cm³/mol. The highest BCUT2D eigenvalue weighted by Gasteiger charge is 2.29. The summed E-state index contributed by atoms with van der Waals surface area (Å²) < 4.78 is 0. The van der Waals surface area contributed by atoms with Gasteiger partial charge in [0.25, 0.3) is 0 Å². The lowest BCUT2D eigenvalue weighted by Crippen LogP contribution is -2.39. The SMILES string of the molecule is C=CC[C@]1(CCC=NC)CCCNC1. The van der Waals surface area contributed by atoms with Crippen molar-refractivity contribution in [2.45, 2.75) is 32.1 Å². The van der Waals surface area contributed by atoms with Crippen molar-refractivity contribution in [1.29, 1.82) is 0 Å². The normalized spacial score (nSPS) is 28.1. The van der Waals surface area contributed by atoms with Gasteiger partial charge in [-0.05, 0) is 50.3 Å². The van der Waals surface area contributed by atoms with Crippen LogP contribution in [-0.2, 0) is 0 Å². The molecule has 1 atom stereocenters. The fourth-order valence-electron chi connectivity index (χ4n) is 2.33. The molecule has 14 heavy (non-hydrogen) atoms. The van der Waals surface area contributed by atoms with Crippen LogP contribution in [0.3, 0.4) is 0 Å². The Morgan fingerprint density at radius 1 is 1.57 bits per heavy atom. The van der Waals surface area contributed by atoms with Gasteiger partial charge in [-0.1, -0.05) is 6.08 Å². The minimum Gasteiger partial charge on any atom is -0.316 e. The Labute approximate surface area is 87.5 Å². The van der Waals surface area contributed by atoms with Crippen molar-refractivity contribution in [2.24, 2.45) is 10.4 Å². The summed E-state index contributed by atoms with van der Waals surface area (Å²) in [5.41, 5.74) is 0.460. The molecule has 0 unspecified atom stereocenters. The number of piperidine rings is 1. The third kappa shape index (κ3) is 3.26. The first-order valence-electron chi connectivity index (χ1n) is 5.55. The van der Waals surface area contributed by atoms with E-state index < -0.39 is 0 Å². The minimum atomic E-state index is 0.460. The summed E-state index contributed by atoms with van der Waals surface area (Å²) in [4.78, 5) is 4.04. The Morgan fingerprint density at radius 3 is 3.00 bits per heavy atom. The Hall–Kier alpha value is -0.630. The summed E-state index contributed by atoms with van der Waals surface area (Å²) in [7, 11) is 1.85. The van der Waals surface area contributed by atoms with Gasteiger partial charge in [-0.3, -0.25) is 0 Å². The van der Waals surface area contributed by atoms with Crippen molar-refractivity contribution >= 4 is 6.21 Å². The number of rotatable bonds is 5. The van der Waals surface area contributed by atoms with Gasteiger partial charge >= 0.3 is 0 Å². The van der Waals surface area contributed by atoms with E-state index in [9.17, 15) is 0 Å². The average molecular weight is 194 g/mol. The topological polar surface area (TPSA) is 24.4 Å². The van der Waals surface area contributed by atoms with Crippen LogP contribution in [0.4, 0.5) is 0 Å². The lowest BCUT2D eigenvalue weighted by atomic mass is 9.74. The summed E-state index contributed by atoms with van der Waals surface area (Å²) in [6.45, 7) is 6.20. The van der Waals surface area contributed by atoms with E-state index in [0.717, 1.165) is 19.4 Å². The van der Waals surface area contributed by atoms with Gasteiger partial charge in [0.15, 0.2) is 0 Å². The second kappa shape index (κ2) is 5.97. The van der Waals surface area contributed by atoms with E-state index in [1.165, 1.54) is 25.8 Å². The zero-order valence-electron chi connectivity index (χ0n) is 9.26. The maximum atomic E-state index is 4.04. The lowest BCUT2D eigenvalue weighted by Gasteiger charge is -2.37. The molecule has 1 heterocycles. The van der Waals surface area contributed by atoms with E-state index in [2.05, 4.69) is 23.0 Å². The van der Waals surface area contributed by atoms with Gasteiger partial charge in [0.1, 0.15) is 0 Å². The second-order valence-corrected chi connectivity index (χ2v) is 4.25. The van der Waals surface area contributed by atoms with Crippen LogP contribution in [0.1, 0.15) is 32.1 Å². The van der Waals surface area contributed by atoms with E-state index >= 15 is 0 Å². The molecule has 0 aromatic carbocycles. The van der Waals surface area contributed by atoms with Crippen LogP contribution in [0, 0.1) is 5.41 Å². The molecule has 0 aliphatic carbocycles. The average Bonchev–Trinajstić information content (AvgIpc) is 2.20. The van der Waals surface area contributed by atoms with Crippen molar-refractivity contribution in [3.63, 3.8) is 0 Å². The number of allylic oxidation sites excluding steroid dienone is 1. The molecule has 0 bridgehead atoms. The molecule has 1 aliphatic heterocycles. The van der Waals surface area contributed by atoms with E-state index in [4.69, 9.17) is 0 Å². The van der Waals surface area contributed by atoms with Gasteiger partial charge in [0, 0.05) is 13.6 Å². The molecule has 2 heteroatoms. The lowest BCUT2D eigenvalue weighted by molar-refractivity contribution is 0.198. The van der Waals surface area contributed by atoms with Crippen molar-refractivity contribution in [3.05, 3.63) is 12.7 Å². The smallest absolute Gasteiger partial charge is 0.0273 e. The van der Waals surface area contributed by atoms with Crippen LogP contribution < -0.4 is 5.32 Å². The maximum Gasteiger partial charge on any atom is 0.0273 e. The standard InChI is InChI=1S/C12H22N2/c1-3-6-12(7-4-9-13-2)8-5-10-14-11-12/h3,9,14H,1,4-8,10-11H2,2H3/t12-/m0/s1. The van der Waals surface area contributed by atoms with E-state index in [0.29, 0.717) is 5.41 Å². The number of nitrogens with one attached hydrogen (secondary N) is 1. The number of nitrogens with zero attached hydrogens (tertiary/aromatic N) is 1. The fourth-order valence-corrected chi connectivity index (χ4v) is 2.33. The fraction of sp³-hybridized carbons (Fsp3) is 0.750. The second-order valence-electron chi connectivity index (χ2n) is 4.25. The van der Waals surface area contributed by atoms with Gasteiger partial charge in [0.2, 0.25) is 0 Å². The maximum absolute atomic E-state index is 4.04. The quantitative estimate of drug-likeness (QED) is 0.527. The third-order valence-electron chi connectivity index (χ3n) is 3.12. The van der Waals surface area contributed by atoms with Crippen LogP contribution in [0.2, 0.25) is 0 Å². The summed E-state index contributed by atoms with van der Waals surface area (Å²) in [6, 6.07) is 0. The van der Waals surface area contributed by atoms with Crippen molar-refractivity contribution in [2.75, 3.05) is 20.1 Å². The third-order valence-corrected chi connectivity index (χ3v) is 3.12. The molecular formula is C12H22N2.